The quantitative estimate of drug-likeness (QED) is 0.0871. The number of urea groups is 1. The third-order valence-corrected chi connectivity index (χ3v) is 14.3. The number of likely N-dealkylation sites (N-methyl/N-ethyl adjacent to an activating group) is 3. The minimum Gasteiger partial charge on any atom is -0.464 e. The van der Waals surface area contributed by atoms with Gasteiger partial charge in [0, 0.05) is 105 Å². The summed E-state index contributed by atoms with van der Waals surface area (Å²) in [5.41, 5.74) is 8.82. The number of likely N-dealkylation sites (tertiary alicyclic amines) is 1. The standard InChI is InChI=1S/C52H74N10O7S/c1-14-36(45(53-15-2)33(6)68-13)47-38-27-52(7,8)31-69-50(66)39-19-17-24-62(56-39)49(65)40(26-43-54-41(30-70-43)34-21-22-42(37(38)25-34)61(47)16-3)55-48(64)46(32(4)5)59(12)51(67)58(11)35-28-60(29-35)44(63)20-18-23-57(9)10/h14-15,18,20-22,25,30,32-33,35,39-40,46,56H,1,16-17,19,23-24,26-29,31H2,2-13H3,(H,55,64)/b20-18+,45-36+,53-15-/t33-,39-,40-,46-/m0/s1. The zero-order valence-electron chi connectivity index (χ0n) is 43.2. The number of hydrogen-bond acceptors (Lipinski definition) is 12. The number of cyclic esters (lactones) is 1. The number of hydrazine groups is 1. The molecule has 2 N–H and O–H groups in total. The number of thiazole rings is 1. The van der Waals surface area contributed by atoms with E-state index in [-0.39, 0.29) is 43.0 Å². The van der Waals surface area contributed by atoms with E-state index in [9.17, 15) is 24.0 Å². The van der Waals surface area contributed by atoms with Gasteiger partial charge in [0.1, 0.15) is 18.1 Å². The fraction of sp³-hybridized carbons (Fsp3) is 0.558. The molecule has 17 nitrogen and oxygen atoms in total. The van der Waals surface area contributed by atoms with E-state index in [0.29, 0.717) is 57.0 Å². The Bertz CT molecular complexity index is 2520. The maximum atomic E-state index is 14.7. The molecule has 6 rings (SSSR count). The first-order valence-electron chi connectivity index (χ1n) is 24.4. The van der Waals surface area contributed by atoms with Crippen LogP contribution in [0.3, 0.4) is 0 Å². The molecular weight excluding hydrogens is 909 g/mol. The lowest BCUT2D eigenvalue weighted by atomic mass is 9.84. The second kappa shape index (κ2) is 23.0. The molecule has 18 heteroatoms. The van der Waals surface area contributed by atoms with Crippen LogP contribution in [-0.2, 0) is 48.0 Å². The van der Waals surface area contributed by atoms with Gasteiger partial charge in [0.2, 0.25) is 11.8 Å². The van der Waals surface area contributed by atoms with Gasteiger partial charge in [-0.15, -0.1) is 11.3 Å². The van der Waals surface area contributed by atoms with Crippen LogP contribution in [0.2, 0.25) is 0 Å². The number of benzene rings is 1. The number of aromatic nitrogens is 2. The number of esters is 1. The van der Waals surface area contributed by atoms with Gasteiger partial charge in [0.25, 0.3) is 5.91 Å². The van der Waals surface area contributed by atoms with Gasteiger partial charge in [-0.25, -0.2) is 15.2 Å². The molecule has 4 atom stereocenters. The smallest absolute Gasteiger partial charge is 0.324 e. The lowest BCUT2D eigenvalue weighted by Gasteiger charge is -2.45. The molecule has 6 bridgehead atoms. The number of nitrogens with one attached hydrogen (secondary N) is 2. The summed E-state index contributed by atoms with van der Waals surface area (Å²) in [6.07, 6.45) is 8.22. The monoisotopic (exact) mass is 983 g/mol. The summed E-state index contributed by atoms with van der Waals surface area (Å²) >= 11 is 1.40. The largest absolute Gasteiger partial charge is 0.464 e. The summed E-state index contributed by atoms with van der Waals surface area (Å²) in [6.45, 7) is 20.5. The number of aryl methyl sites for hydroxylation is 1. The number of rotatable bonds is 14. The number of carbonyl (C=O) groups excluding carboxylic acids is 5. The van der Waals surface area contributed by atoms with Gasteiger partial charge in [-0.1, -0.05) is 52.5 Å². The molecule has 3 aliphatic rings. The van der Waals surface area contributed by atoms with Crippen molar-refractivity contribution in [2.75, 3.05) is 68.1 Å². The predicted octanol–water partition coefficient (Wildman–Crippen LogP) is 5.79. The molecule has 5 heterocycles. The zero-order valence-corrected chi connectivity index (χ0v) is 44.0. The van der Waals surface area contributed by atoms with E-state index in [2.05, 4.69) is 54.8 Å². The van der Waals surface area contributed by atoms with E-state index in [1.807, 2.05) is 70.3 Å². The number of nitrogens with zero attached hydrogens (tertiary/aromatic N) is 8. The first-order chi connectivity index (χ1) is 33.2. The molecule has 0 saturated carbocycles. The second-order valence-corrected chi connectivity index (χ2v) is 20.9. The Labute approximate surface area is 417 Å². The summed E-state index contributed by atoms with van der Waals surface area (Å²) in [5, 5.41) is 8.04. The van der Waals surface area contributed by atoms with Crippen molar-refractivity contribution in [3.63, 3.8) is 0 Å². The number of methoxy groups -OCH3 is 1. The van der Waals surface area contributed by atoms with E-state index in [1.165, 1.54) is 21.2 Å². The molecule has 0 spiro atoms. The van der Waals surface area contributed by atoms with Gasteiger partial charge in [-0.05, 0) is 77.7 Å². The van der Waals surface area contributed by atoms with Crippen LogP contribution in [0.25, 0.3) is 27.7 Å². The van der Waals surface area contributed by atoms with Crippen LogP contribution in [-0.4, -0.2) is 168 Å². The van der Waals surface area contributed by atoms with E-state index < -0.39 is 41.3 Å². The molecule has 2 fully saturated rings. The lowest BCUT2D eigenvalue weighted by Crippen LogP contribution is -2.65. The van der Waals surface area contributed by atoms with Crippen molar-refractivity contribution in [1.29, 1.82) is 0 Å². The highest BCUT2D eigenvalue weighted by molar-refractivity contribution is 7.10. The third-order valence-electron chi connectivity index (χ3n) is 13.4. The first kappa shape index (κ1) is 53.7. The number of hydrogen-bond donors (Lipinski definition) is 2. The number of allylic oxidation sites excluding steroid dienone is 2. The maximum absolute atomic E-state index is 14.7. The van der Waals surface area contributed by atoms with E-state index in [1.54, 1.807) is 43.3 Å². The van der Waals surface area contributed by atoms with Crippen LogP contribution in [0.15, 0.2) is 59.1 Å². The van der Waals surface area contributed by atoms with Crippen LogP contribution in [0.1, 0.15) is 77.6 Å². The molecule has 0 aliphatic carbocycles. The third kappa shape index (κ3) is 11.9. The highest BCUT2D eigenvalue weighted by Gasteiger charge is 2.41. The summed E-state index contributed by atoms with van der Waals surface area (Å²) in [6, 6.07) is 2.85. The van der Waals surface area contributed by atoms with Crippen molar-refractivity contribution in [1.82, 2.24) is 44.9 Å². The Kier molecular flexibility index (Phi) is 17.7. The van der Waals surface area contributed by atoms with Crippen molar-refractivity contribution in [2.24, 2.45) is 16.3 Å². The summed E-state index contributed by atoms with van der Waals surface area (Å²) in [4.78, 5) is 86.4. The molecule has 5 amide bonds. The van der Waals surface area contributed by atoms with Crippen molar-refractivity contribution >= 4 is 63.7 Å². The molecule has 2 aromatic heterocycles. The summed E-state index contributed by atoms with van der Waals surface area (Å²) in [7, 11) is 8.78. The first-order valence-corrected chi connectivity index (χ1v) is 25.2. The number of carbonyl (C=O) groups is 5. The lowest BCUT2D eigenvalue weighted by molar-refractivity contribution is -0.155. The summed E-state index contributed by atoms with van der Waals surface area (Å²) in [5.74, 6) is -1.86. The van der Waals surface area contributed by atoms with E-state index >= 15 is 0 Å². The Morgan fingerprint density at radius 2 is 1.87 bits per heavy atom. The Morgan fingerprint density at radius 3 is 2.51 bits per heavy atom. The topological polar surface area (TPSA) is 174 Å². The van der Waals surface area contributed by atoms with Gasteiger partial charge in [-0.2, -0.15) is 0 Å². The van der Waals surface area contributed by atoms with Gasteiger partial charge in [-0.3, -0.25) is 29.2 Å². The SMILES string of the molecule is C=C/C(=C(\N=C/C)[C@H](C)OC)c1c2c3cc(ccc3n1CC)-c1csc(n1)C[C@H](NC(=O)[C@H](C(C)C)N(C)C(=O)N(C)C1CN(C(=O)/C=C/CN(C)C)C1)C(=O)N1CCC[C@H](N1)C(=O)OCC(C)(C)C2. The summed E-state index contributed by atoms with van der Waals surface area (Å²) < 4.78 is 14.2. The van der Waals surface area contributed by atoms with Crippen LogP contribution < -0.4 is 10.7 Å². The van der Waals surface area contributed by atoms with Crippen molar-refractivity contribution in [2.45, 2.75) is 111 Å². The average Bonchev–Trinajstić information content (AvgIpc) is 3.90. The molecule has 380 valence electrons. The molecule has 2 saturated heterocycles. The number of ether oxygens (including phenoxy) is 2. The van der Waals surface area contributed by atoms with Crippen LogP contribution >= 0.6 is 11.3 Å². The predicted molar refractivity (Wildman–Crippen MR) is 276 cm³/mol. The van der Waals surface area contributed by atoms with Crippen molar-refractivity contribution < 1.29 is 33.4 Å². The fourth-order valence-corrected chi connectivity index (χ4v) is 10.4. The zero-order chi connectivity index (χ0) is 51.2. The second-order valence-electron chi connectivity index (χ2n) is 20.0. The average molecular weight is 983 g/mol. The molecule has 3 aromatic rings. The van der Waals surface area contributed by atoms with Crippen LogP contribution in [0.4, 0.5) is 4.79 Å². The Hall–Kier alpha value is -5.69. The normalized spacial score (nSPS) is 20.3. The molecule has 3 aliphatic heterocycles. The highest BCUT2D eigenvalue weighted by atomic mass is 32.1. The number of amides is 5. The Balaban J connectivity index is 1.35. The Morgan fingerprint density at radius 1 is 1.14 bits per heavy atom. The number of fused-ring (bicyclic) bond motifs is 6. The molecule has 0 radical (unpaired) electrons. The highest BCUT2D eigenvalue weighted by Crippen LogP contribution is 2.40. The minimum atomic E-state index is -1.10. The van der Waals surface area contributed by atoms with Gasteiger partial charge < -0.3 is 39.0 Å². The van der Waals surface area contributed by atoms with Gasteiger partial charge in [0.05, 0.1) is 40.8 Å². The van der Waals surface area contributed by atoms with E-state index in [0.717, 1.165) is 44.7 Å². The molecule has 0 unspecified atom stereocenters. The van der Waals surface area contributed by atoms with Gasteiger partial charge in [0.15, 0.2) is 0 Å². The van der Waals surface area contributed by atoms with Crippen molar-refractivity contribution in [3.8, 4) is 11.3 Å². The molecule has 70 heavy (non-hydrogen) atoms. The maximum Gasteiger partial charge on any atom is 0.324 e. The molecule has 1 aromatic carbocycles. The van der Waals surface area contributed by atoms with E-state index in [4.69, 9.17) is 19.5 Å². The molecular formula is C52H74N10O7S. The number of aliphatic imine (C=N–C) groups is 1. The fourth-order valence-electron chi connectivity index (χ4n) is 9.53. The van der Waals surface area contributed by atoms with Crippen LogP contribution in [0, 0.1) is 11.3 Å². The minimum absolute atomic E-state index is 0.0593. The van der Waals surface area contributed by atoms with Crippen molar-refractivity contribution in [3.05, 3.63) is 70.3 Å². The van der Waals surface area contributed by atoms with Gasteiger partial charge >= 0.3 is 12.0 Å². The van der Waals surface area contributed by atoms with Crippen LogP contribution in [0.5, 0.6) is 0 Å².